The Bertz CT molecular complexity index is 214. The average molecular weight is 668 g/mol. The summed E-state index contributed by atoms with van der Waals surface area (Å²) >= 11 is 0. The van der Waals surface area contributed by atoms with E-state index in [-0.39, 0.29) is 75.4 Å². The molecule has 8 heteroatoms. The van der Waals surface area contributed by atoms with Crippen molar-refractivity contribution in [2.75, 3.05) is 52.4 Å². The van der Waals surface area contributed by atoms with Crippen LogP contribution in [0, 0.1) is 11.8 Å². The topological polar surface area (TPSA) is 48.1 Å². The molecular weight excluding hydrogens is 616 g/mol. The van der Waals surface area contributed by atoms with Gasteiger partial charge in [0.2, 0.25) is 0 Å². The van der Waals surface area contributed by atoms with Gasteiger partial charge in [-0.15, -0.1) is 67.9 Å². The maximum atomic E-state index is 3.52. The van der Waals surface area contributed by atoms with Crippen LogP contribution in [0.25, 0.3) is 0 Å². The molecule has 0 saturated carbocycles. The molecule has 0 aromatic carbocycles. The van der Waals surface area contributed by atoms with Gasteiger partial charge in [0.15, 0.2) is 0 Å². The van der Waals surface area contributed by atoms with Gasteiger partial charge >= 0.3 is 0 Å². The van der Waals surface area contributed by atoms with Crippen LogP contribution in [0.4, 0.5) is 0 Å². The fraction of sp³-hybridized carbons (Fsp3) is 1.00. The van der Waals surface area contributed by atoms with Gasteiger partial charge in [-0.2, -0.15) is 0 Å². The van der Waals surface area contributed by atoms with Crippen molar-refractivity contribution in [3.05, 3.63) is 0 Å². The van der Waals surface area contributed by atoms with E-state index in [9.17, 15) is 0 Å². The first-order chi connectivity index (χ1) is 11.1. The van der Waals surface area contributed by atoms with Crippen LogP contribution in [-0.4, -0.2) is 52.4 Å². The predicted octanol–water partition coefficient (Wildman–Crippen LogP) is 5.56. The normalized spacial score (nSPS) is 9.64. The van der Waals surface area contributed by atoms with Gasteiger partial charge < -0.3 is 21.3 Å². The summed E-state index contributed by atoms with van der Waals surface area (Å²) in [5, 5.41) is 14.1. The lowest BCUT2D eigenvalue weighted by Gasteiger charge is -2.09. The van der Waals surface area contributed by atoms with Crippen LogP contribution in [0.1, 0.15) is 67.2 Å². The van der Waals surface area contributed by atoms with Crippen molar-refractivity contribution in [2.24, 2.45) is 11.8 Å². The summed E-state index contributed by atoms with van der Waals surface area (Å²) in [6.45, 7) is 18.2. The van der Waals surface area contributed by atoms with Crippen molar-refractivity contribution in [1.82, 2.24) is 21.3 Å². The van der Waals surface area contributed by atoms with Crippen molar-refractivity contribution in [2.45, 2.75) is 67.2 Å². The fourth-order valence-electron chi connectivity index (χ4n) is 2.30. The first kappa shape index (κ1) is 43.6. The van der Waals surface area contributed by atoms with Crippen molar-refractivity contribution in [3.8, 4) is 0 Å². The molecule has 4 nitrogen and oxygen atoms in total. The first-order valence-electron chi connectivity index (χ1n) is 9.95. The molecule has 180 valence electrons. The monoisotopic (exact) mass is 664 g/mol. The molecule has 0 bridgehead atoms. The Morgan fingerprint density at radius 3 is 0.857 bits per heavy atom. The number of nitrogens with one attached hydrogen (secondary N) is 4. The van der Waals surface area contributed by atoms with Crippen LogP contribution in [0.15, 0.2) is 0 Å². The highest BCUT2D eigenvalue weighted by molar-refractivity contribution is 8.93. The maximum Gasteiger partial charge on any atom is -0.00368 e. The Balaban J connectivity index is -0.000000242. The molecule has 0 radical (unpaired) electrons. The minimum absolute atomic E-state index is 0. The molecule has 0 heterocycles. The molecular formula is C20H52Br4N4. The van der Waals surface area contributed by atoms with Crippen LogP contribution in [0.2, 0.25) is 0 Å². The zero-order valence-electron chi connectivity index (χ0n) is 18.0. The Hall–Kier alpha value is 1.76. The van der Waals surface area contributed by atoms with E-state index in [2.05, 4.69) is 49.0 Å². The highest BCUT2D eigenvalue weighted by atomic mass is 79.9. The minimum atomic E-state index is 0. The van der Waals surface area contributed by atoms with E-state index < -0.39 is 0 Å². The summed E-state index contributed by atoms with van der Waals surface area (Å²) in [4.78, 5) is 0. The highest BCUT2D eigenvalue weighted by Gasteiger charge is 1.95. The molecule has 0 saturated heterocycles. The fourth-order valence-corrected chi connectivity index (χ4v) is 2.30. The second kappa shape index (κ2) is 36.2. The van der Waals surface area contributed by atoms with Gasteiger partial charge in [0, 0.05) is 0 Å². The lowest BCUT2D eigenvalue weighted by molar-refractivity contribution is 0.513. The molecule has 0 aromatic rings. The Kier molecular flexibility index (Phi) is 56.3. The zero-order valence-corrected chi connectivity index (χ0v) is 24.8. The quantitative estimate of drug-likeness (QED) is 0.145. The summed E-state index contributed by atoms with van der Waals surface area (Å²) in [7, 11) is 0. The minimum Gasteiger partial charge on any atom is -0.317 e. The van der Waals surface area contributed by atoms with Crippen molar-refractivity contribution in [3.63, 3.8) is 0 Å². The summed E-state index contributed by atoms with van der Waals surface area (Å²) in [6.07, 6.45) is 6.25. The van der Waals surface area contributed by atoms with Gasteiger partial charge in [-0.05, 0) is 96.3 Å². The SMILES string of the molecule is Br.Br.Br.Br.C.CC(C)CCNCCCNCCCNCCCNCCC(C)C. The molecule has 28 heavy (non-hydrogen) atoms. The predicted molar refractivity (Wildman–Crippen MR) is 152 cm³/mol. The van der Waals surface area contributed by atoms with Gasteiger partial charge in [0.25, 0.3) is 0 Å². The molecule has 0 aromatic heterocycles. The number of hydrogen-bond donors (Lipinski definition) is 4. The highest BCUT2D eigenvalue weighted by Crippen LogP contribution is 1.96. The molecule has 0 amide bonds. The average Bonchev–Trinajstić information content (AvgIpc) is 2.49. The van der Waals surface area contributed by atoms with Gasteiger partial charge in [-0.3, -0.25) is 0 Å². The Morgan fingerprint density at radius 2 is 0.643 bits per heavy atom. The van der Waals surface area contributed by atoms with E-state index in [0.29, 0.717) is 0 Å². The van der Waals surface area contributed by atoms with Crippen molar-refractivity contribution >= 4 is 67.9 Å². The van der Waals surface area contributed by atoms with E-state index in [4.69, 9.17) is 0 Å². The number of rotatable bonds is 18. The zero-order chi connectivity index (χ0) is 17.2. The second-order valence-corrected chi connectivity index (χ2v) is 7.43. The van der Waals surface area contributed by atoms with Gasteiger partial charge in [-0.1, -0.05) is 35.1 Å². The standard InChI is InChI=1S/C19H44N4.CH4.4BrH/c1-18(2)8-16-22-14-6-12-20-10-5-11-21-13-7-15-23-17-9-19(3)4;;;;;/h18-23H,5-17H2,1-4H3;1H4;4*1H. The van der Waals surface area contributed by atoms with E-state index in [1.807, 2.05) is 0 Å². The van der Waals surface area contributed by atoms with Crippen molar-refractivity contribution < 1.29 is 0 Å². The molecule has 0 aliphatic heterocycles. The Morgan fingerprint density at radius 1 is 0.429 bits per heavy atom. The molecule has 4 N–H and O–H groups in total. The molecule has 0 fully saturated rings. The molecule has 0 spiro atoms. The van der Waals surface area contributed by atoms with E-state index >= 15 is 0 Å². The summed E-state index contributed by atoms with van der Waals surface area (Å²) in [6, 6.07) is 0. The molecule has 0 rings (SSSR count). The molecule has 0 aliphatic carbocycles. The largest absolute Gasteiger partial charge is 0.317 e. The maximum absolute atomic E-state index is 3.52. The lowest BCUT2D eigenvalue weighted by Crippen LogP contribution is -2.27. The Labute approximate surface area is 219 Å². The van der Waals surface area contributed by atoms with Crippen LogP contribution in [0.3, 0.4) is 0 Å². The summed E-state index contributed by atoms with van der Waals surface area (Å²) in [5.41, 5.74) is 0. The van der Waals surface area contributed by atoms with Gasteiger partial charge in [0.1, 0.15) is 0 Å². The van der Waals surface area contributed by atoms with Crippen LogP contribution >= 0.6 is 67.9 Å². The van der Waals surface area contributed by atoms with Crippen LogP contribution < -0.4 is 21.3 Å². The third-order valence-corrected chi connectivity index (χ3v) is 3.92. The molecule has 0 unspecified atom stereocenters. The van der Waals surface area contributed by atoms with Crippen LogP contribution in [-0.2, 0) is 0 Å². The third kappa shape index (κ3) is 42.0. The molecule has 0 atom stereocenters. The van der Waals surface area contributed by atoms with E-state index in [0.717, 1.165) is 64.2 Å². The van der Waals surface area contributed by atoms with E-state index in [1.54, 1.807) is 0 Å². The van der Waals surface area contributed by atoms with Crippen molar-refractivity contribution in [1.29, 1.82) is 0 Å². The van der Waals surface area contributed by atoms with E-state index in [1.165, 1.54) is 32.1 Å². The molecule has 0 aliphatic rings. The third-order valence-electron chi connectivity index (χ3n) is 3.92. The van der Waals surface area contributed by atoms with Gasteiger partial charge in [-0.25, -0.2) is 0 Å². The number of halogens is 4. The second-order valence-electron chi connectivity index (χ2n) is 7.43. The summed E-state index contributed by atoms with van der Waals surface area (Å²) < 4.78 is 0. The first-order valence-corrected chi connectivity index (χ1v) is 9.95. The smallest absolute Gasteiger partial charge is 0.00368 e. The van der Waals surface area contributed by atoms with Crippen LogP contribution in [0.5, 0.6) is 0 Å². The number of hydrogen-bond acceptors (Lipinski definition) is 4. The van der Waals surface area contributed by atoms with Gasteiger partial charge in [0.05, 0.1) is 0 Å². The summed E-state index contributed by atoms with van der Waals surface area (Å²) in [5.74, 6) is 1.62. The lowest BCUT2D eigenvalue weighted by atomic mass is 10.1.